The van der Waals surface area contributed by atoms with Crippen LogP contribution in [0.1, 0.15) is 20.3 Å². The molecule has 0 radical (unpaired) electrons. The summed E-state index contributed by atoms with van der Waals surface area (Å²) in [4.78, 5) is 19.3. The van der Waals surface area contributed by atoms with Crippen LogP contribution in [0.4, 0.5) is 11.5 Å². The molecule has 1 rings (SSSR count). The number of aromatic nitrogens is 2. The average molecular weight is 258 g/mol. The molecule has 0 fully saturated rings. The highest BCUT2D eigenvalue weighted by atomic mass is 35.5. The van der Waals surface area contributed by atoms with Gasteiger partial charge in [-0.1, -0.05) is 6.92 Å². The molecule has 0 saturated heterocycles. The summed E-state index contributed by atoms with van der Waals surface area (Å²) in [5.74, 6) is 0.255. The van der Waals surface area contributed by atoms with Crippen molar-refractivity contribution in [1.29, 1.82) is 0 Å². The van der Waals surface area contributed by atoms with Crippen molar-refractivity contribution in [3.63, 3.8) is 0 Å². The summed E-state index contributed by atoms with van der Waals surface area (Å²) in [6.07, 6.45) is 2.29. The number of anilines is 2. The van der Waals surface area contributed by atoms with Crippen LogP contribution in [-0.2, 0) is 4.79 Å². The Hall–Kier alpha value is -1.56. The van der Waals surface area contributed by atoms with Gasteiger partial charge in [-0.25, -0.2) is 4.98 Å². The standard InChI is InChI=1S/C10H16ClN5O/c1-3-4-13-9(17)6(2)15-8-7(12)5-14-10(11)16-8/h5-6H,3-4,12H2,1-2H3,(H,13,17)(H,14,15,16). The Labute approximate surface area is 105 Å². The van der Waals surface area contributed by atoms with Gasteiger partial charge < -0.3 is 16.4 Å². The summed E-state index contributed by atoms with van der Waals surface area (Å²) in [5, 5.41) is 5.74. The van der Waals surface area contributed by atoms with Crippen molar-refractivity contribution in [3.8, 4) is 0 Å². The number of halogens is 1. The Kier molecular flexibility index (Phi) is 4.96. The Morgan fingerprint density at radius 2 is 2.35 bits per heavy atom. The Balaban J connectivity index is 2.64. The molecule has 1 unspecified atom stereocenters. The molecule has 0 saturated carbocycles. The Morgan fingerprint density at radius 3 is 3.00 bits per heavy atom. The van der Waals surface area contributed by atoms with Gasteiger partial charge in [-0.15, -0.1) is 0 Å². The van der Waals surface area contributed by atoms with Crippen LogP contribution in [0, 0.1) is 0 Å². The lowest BCUT2D eigenvalue weighted by atomic mass is 10.3. The monoisotopic (exact) mass is 257 g/mol. The molecule has 0 spiro atoms. The van der Waals surface area contributed by atoms with E-state index in [2.05, 4.69) is 20.6 Å². The van der Waals surface area contributed by atoms with E-state index in [9.17, 15) is 4.79 Å². The van der Waals surface area contributed by atoms with Crippen molar-refractivity contribution in [3.05, 3.63) is 11.5 Å². The summed E-state index contributed by atoms with van der Waals surface area (Å²) in [6.45, 7) is 4.35. The van der Waals surface area contributed by atoms with Gasteiger partial charge in [0.2, 0.25) is 11.2 Å². The van der Waals surface area contributed by atoms with Crippen molar-refractivity contribution in [2.45, 2.75) is 26.3 Å². The molecule has 4 N–H and O–H groups in total. The number of rotatable bonds is 5. The van der Waals surface area contributed by atoms with E-state index < -0.39 is 6.04 Å². The van der Waals surface area contributed by atoms with Gasteiger partial charge in [-0.2, -0.15) is 4.98 Å². The highest BCUT2D eigenvalue weighted by molar-refractivity contribution is 6.28. The zero-order chi connectivity index (χ0) is 12.8. The smallest absolute Gasteiger partial charge is 0.242 e. The topological polar surface area (TPSA) is 92.9 Å². The fourth-order valence-electron chi connectivity index (χ4n) is 1.16. The number of nitrogens with one attached hydrogen (secondary N) is 2. The van der Waals surface area contributed by atoms with E-state index in [1.807, 2.05) is 6.92 Å². The maximum Gasteiger partial charge on any atom is 0.242 e. The van der Waals surface area contributed by atoms with Crippen LogP contribution < -0.4 is 16.4 Å². The Bertz CT molecular complexity index is 398. The molecule has 17 heavy (non-hydrogen) atoms. The SMILES string of the molecule is CCCNC(=O)C(C)Nc1nc(Cl)ncc1N. The molecule has 7 heteroatoms. The van der Waals surface area contributed by atoms with Gasteiger partial charge in [-0.3, -0.25) is 4.79 Å². The van der Waals surface area contributed by atoms with Crippen LogP contribution in [-0.4, -0.2) is 28.5 Å². The lowest BCUT2D eigenvalue weighted by Gasteiger charge is -2.15. The Morgan fingerprint density at radius 1 is 1.65 bits per heavy atom. The number of nitrogens with two attached hydrogens (primary N) is 1. The molecule has 1 amide bonds. The second kappa shape index (κ2) is 6.24. The maximum absolute atomic E-state index is 11.6. The van der Waals surface area contributed by atoms with Crippen LogP contribution in [0.15, 0.2) is 6.20 Å². The molecule has 0 bridgehead atoms. The van der Waals surface area contributed by atoms with Gasteiger partial charge in [0.05, 0.1) is 11.9 Å². The van der Waals surface area contributed by atoms with E-state index in [1.54, 1.807) is 6.92 Å². The molecule has 1 heterocycles. The first-order chi connectivity index (χ1) is 8.04. The fraction of sp³-hybridized carbons (Fsp3) is 0.500. The molecule has 0 aliphatic heterocycles. The van der Waals surface area contributed by atoms with E-state index in [0.717, 1.165) is 6.42 Å². The van der Waals surface area contributed by atoms with Crippen molar-refractivity contribution in [2.24, 2.45) is 0 Å². The third-order valence-electron chi connectivity index (χ3n) is 2.08. The predicted octanol–water partition coefficient (Wildman–Crippen LogP) is 1.04. The van der Waals surface area contributed by atoms with Crippen molar-refractivity contribution >= 4 is 29.0 Å². The molecule has 1 atom stereocenters. The minimum absolute atomic E-state index is 0.0860. The average Bonchev–Trinajstić information content (AvgIpc) is 2.30. The zero-order valence-corrected chi connectivity index (χ0v) is 10.6. The molecule has 1 aromatic rings. The van der Waals surface area contributed by atoms with E-state index in [1.165, 1.54) is 6.20 Å². The molecule has 1 aromatic heterocycles. The highest BCUT2D eigenvalue weighted by Gasteiger charge is 2.14. The first-order valence-corrected chi connectivity index (χ1v) is 5.74. The maximum atomic E-state index is 11.6. The lowest BCUT2D eigenvalue weighted by Crippen LogP contribution is -2.38. The summed E-state index contributed by atoms with van der Waals surface area (Å²) >= 11 is 5.65. The van der Waals surface area contributed by atoms with Crippen LogP contribution in [0.3, 0.4) is 0 Å². The van der Waals surface area contributed by atoms with Gasteiger partial charge in [0, 0.05) is 6.54 Å². The summed E-state index contributed by atoms with van der Waals surface area (Å²) in [6, 6.07) is -0.435. The van der Waals surface area contributed by atoms with Gasteiger partial charge in [0.1, 0.15) is 6.04 Å². The summed E-state index contributed by atoms with van der Waals surface area (Å²) in [5.41, 5.74) is 6.01. The number of nitrogens with zero attached hydrogens (tertiary/aromatic N) is 2. The number of amides is 1. The van der Waals surface area contributed by atoms with Crippen molar-refractivity contribution < 1.29 is 4.79 Å². The number of hydrogen-bond acceptors (Lipinski definition) is 5. The normalized spacial score (nSPS) is 11.9. The molecule has 0 aliphatic rings. The molecule has 6 nitrogen and oxygen atoms in total. The molecular formula is C10H16ClN5O. The van der Waals surface area contributed by atoms with E-state index >= 15 is 0 Å². The molecule has 0 aliphatic carbocycles. The highest BCUT2D eigenvalue weighted by Crippen LogP contribution is 2.16. The van der Waals surface area contributed by atoms with Gasteiger partial charge in [0.15, 0.2) is 5.82 Å². The first kappa shape index (κ1) is 13.5. The first-order valence-electron chi connectivity index (χ1n) is 5.36. The minimum atomic E-state index is -0.435. The van der Waals surface area contributed by atoms with E-state index in [0.29, 0.717) is 18.1 Å². The second-order valence-electron chi connectivity index (χ2n) is 3.60. The number of nitrogen functional groups attached to an aromatic ring is 1. The summed E-state index contributed by atoms with van der Waals surface area (Å²) in [7, 11) is 0. The lowest BCUT2D eigenvalue weighted by molar-refractivity contribution is -0.121. The number of carbonyl (C=O) groups is 1. The van der Waals surface area contributed by atoms with Crippen molar-refractivity contribution in [2.75, 3.05) is 17.6 Å². The number of carbonyl (C=O) groups excluding carboxylic acids is 1. The van der Waals surface area contributed by atoms with Crippen LogP contribution in [0.25, 0.3) is 0 Å². The van der Waals surface area contributed by atoms with Gasteiger partial charge >= 0.3 is 0 Å². The van der Waals surface area contributed by atoms with Crippen LogP contribution in [0.2, 0.25) is 5.28 Å². The minimum Gasteiger partial charge on any atom is -0.394 e. The third kappa shape index (κ3) is 4.07. The zero-order valence-electron chi connectivity index (χ0n) is 9.83. The molecular weight excluding hydrogens is 242 g/mol. The van der Waals surface area contributed by atoms with Gasteiger partial charge in [-0.05, 0) is 24.9 Å². The summed E-state index contributed by atoms with van der Waals surface area (Å²) < 4.78 is 0. The van der Waals surface area contributed by atoms with Crippen molar-refractivity contribution in [1.82, 2.24) is 15.3 Å². The van der Waals surface area contributed by atoms with E-state index in [-0.39, 0.29) is 11.2 Å². The molecule has 94 valence electrons. The van der Waals surface area contributed by atoms with E-state index in [4.69, 9.17) is 17.3 Å². The van der Waals surface area contributed by atoms with Crippen LogP contribution in [0.5, 0.6) is 0 Å². The predicted molar refractivity (Wildman–Crippen MR) is 67.8 cm³/mol. The van der Waals surface area contributed by atoms with Gasteiger partial charge in [0.25, 0.3) is 0 Å². The second-order valence-corrected chi connectivity index (χ2v) is 3.94. The fourth-order valence-corrected chi connectivity index (χ4v) is 1.29. The largest absolute Gasteiger partial charge is 0.394 e. The number of hydrogen-bond donors (Lipinski definition) is 3. The molecule has 0 aromatic carbocycles. The van der Waals surface area contributed by atoms with Crippen LogP contribution >= 0.6 is 11.6 Å². The third-order valence-corrected chi connectivity index (χ3v) is 2.27. The quantitative estimate of drug-likeness (QED) is 0.686.